The van der Waals surface area contributed by atoms with E-state index in [1.54, 1.807) is 24.3 Å². The summed E-state index contributed by atoms with van der Waals surface area (Å²) in [5, 5.41) is 2.56. The SMILES string of the molecule is O=CNc1ccc(Oc2ccccc2)cc1. The van der Waals surface area contributed by atoms with Gasteiger partial charge in [-0.25, -0.2) is 0 Å². The zero-order valence-corrected chi connectivity index (χ0v) is 8.59. The van der Waals surface area contributed by atoms with Gasteiger partial charge in [-0.3, -0.25) is 4.79 Å². The number of carbonyl (C=O) groups is 1. The maximum absolute atomic E-state index is 10.2. The van der Waals surface area contributed by atoms with E-state index in [0.717, 1.165) is 17.2 Å². The van der Waals surface area contributed by atoms with E-state index >= 15 is 0 Å². The number of hydrogen-bond acceptors (Lipinski definition) is 2. The minimum Gasteiger partial charge on any atom is -0.457 e. The molecule has 0 bridgehead atoms. The molecule has 0 atom stereocenters. The lowest BCUT2D eigenvalue weighted by Crippen LogP contribution is -1.92. The second kappa shape index (κ2) is 4.98. The van der Waals surface area contributed by atoms with Gasteiger partial charge >= 0.3 is 0 Å². The molecule has 16 heavy (non-hydrogen) atoms. The Morgan fingerprint density at radius 1 is 0.875 bits per heavy atom. The fraction of sp³-hybridized carbons (Fsp3) is 0. The predicted octanol–water partition coefficient (Wildman–Crippen LogP) is 3.05. The molecule has 2 aromatic carbocycles. The number of carbonyl (C=O) groups excluding carboxylic acids is 1. The Bertz CT molecular complexity index is 451. The molecule has 0 aliphatic carbocycles. The van der Waals surface area contributed by atoms with Crippen LogP contribution < -0.4 is 10.1 Å². The lowest BCUT2D eigenvalue weighted by molar-refractivity contribution is -0.105. The minimum absolute atomic E-state index is 0.646. The molecule has 0 saturated carbocycles. The summed E-state index contributed by atoms with van der Waals surface area (Å²) in [4.78, 5) is 10.2. The van der Waals surface area contributed by atoms with Gasteiger partial charge in [0.05, 0.1) is 0 Å². The molecule has 0 heterocycles. The fourth-order valence-electron chi connectivity index (χ4n) is 1.31. The summed E-state index contributed by atoms with van der Waals surface area (Å²) in [5.74, 6) is 1.53. The van der Waals surface area contributed by atoms with Crippen molar-refractivity contribution in [3.8, 4) is 11.5 Å². The summed E-state index contributed by atoms with van der Waals surface area (Å²) in [6.07, 6.45) is 0.646. The molecule has 80 valence electrons. The van der Waals surface area contributed by atoms with Gasteiger partial charge in [0.15, 0.2) is 0 Å². The van der Waals surface area contributed by atoms with Crippen LogP contribution >= 0.6 is 0 Å². The van der Waals surface area contributed by atoms with Crippen LogP contribution in [0.25, 0.3) is 0 Å². The maximum atomic E-state index is 10.2. The Balaban J connectivity index is 2.08. The van der Waals surface area contributed by atoms with Crippen LogP contribution in [0.15, 0.2) is 54.6 Å². The molecule has 0 saturated heterocycles. The molecular formula is C13H11NO2. The van der Waals surface area contributed by atoms with Crippen molar-refractivity contribution in [2.75, 3.05) is 5.32 Å². The summed E-state index contributed by atoms with van der Waals surface area (Å²) in [5.41, 5.74) is 0.746. The summed E-state index contributed by atoms with van der Waals surface area (Å²) < 4.78 is 5.60. The molecule has 0 aromatic heterocycles. The number of benzene rings is 2. The Morgan fingerprint density at radius 2 is 1.50 bits per heavy atom. The standard InChI is InChI=1S/C13H11NO2/c15-10-14-11-6-8-13(9-7-11)16-12-4-2-1-3-5-12/h1-10H,(H,14,15). The number of para-hydroxylation sites is 1. The number of anilines is 1. The maximum Gasteiger partial charge on any atom is 0.211 e. The third-order valence-electron chi connectivity index (χ3n) is 2.06. The van der Waals surface area contributed by atoms with Crippen LogP contribution in [0.1, 0.15) is 0 Å². The third kappa shape index (κ3) is 2.60. The summed E-state index contributed by atoms with van der Waals surface area (Å²) in [6.45, 7) is 0. The van der Waals surface area contributed by atoms with E-state index in [0.29, 0.717) is 6.41 Å². The van der Waals surface area contributed by atoms with Gasteiger partial charge in [-0.15, -0.1) is 0 Å². The first-order chi connectivity index (χ1) is 7.88. The smallest absolute Gasteiger partial charge is 0.211 e. The molecule has 1 N–H and O–H groups in total. The molecule has 0 fully saturated rings. The van der Waals surface area contributed by atoms with Crippen molar-refractivity contribution in [1.82, 2.24) is 0 Å². The number of hydrogen-bond donors (Lipinski definition) is 1. The van der Waals surface area contributed by atoms with Gasteiger partial charge in [0.1, 0.15) is 11.5 Å². The monoisotopic (exact) mass is 213 g/mol. The first-order valence-corrected chi connectivity index (χ1v) is 4.91. The van der Waals surface area contributed by atoms with Crippen LogP contribution in [-0.4, -0.2) is 6.41 Å². The van der Waals surface area contributed by atoms with Crippen molar-refractivity contribution in [1.29, 1.82) is 0 Å². The zero-order valence-electron chi connectivity index (χ0n) is 8.59. The molecule has 0 spiro atoms. The van der Waals surface area contributed by atoms with E-state index < -0.39 is 0 Å². The summed E-state index contributed by atoms with van der Waals surface area (Å²) in [6, 6.07) is 16.7. The number of nitrogens with one attached hydrogen (secondary N) is 1. The number of ether oxygens (including phenoxy) is 1. The molecule has 0 radical (unpaired) electrons. The van der Waals surface area contributed by atoms with Crippen LogP contribution in [0, 0.1) is 0 Å². The Labute approximate surface area is 93.7 Å². The molecule has 1 amide bonds. The quantitative estimate of drug-likeness (QED) is 0.793. The molecule has 0 aliphatic heterocycles. The van der Waals surface area contributed by atoms with Crippen molar-refractivity contribution in [3.05, 3.63) is 54.6 Å². The number of amides is 1. The average molecular weight is 213 g/mol. The minimum atomic E-state index is 0.646. The Kier molecular flexibility index (Phi) is 3.18. The van der Waals surface area contributed by atoms with E-state index in [4.69, 9.17) is 4.74 Å². The largest absolute Gasteiger partial charge is 0.457 e. The van der Waals surface area contributed by atoms with Crippen LogP contribution in [0.3, 0.4) is 0 Å². The van der Waals surface area contributed by atoms with E-state index in [1.165, 1.54) is 0 Å². The zero-order chi connectivity index (χ0) is 11.2. The highest BCUT2D eigenvalue weighted by atomic mass is 16.5. The van der Waals surface area contributed by atoms with Gasteiger partial charge in [0.2, 0.25) is 6.41 Å². The molecule has 3 nitrogen and oxygen atoms in total. The molecule has 2 rings (SSSR count). The molecule has 0 unspecified atom stereocenters. The number of rotatable bonds is 4. The second-order valence-corrected chi connectivity index (χ2v) is 3.20. The van der Waals surface area contributed by atoms with Crippen LogP contribution in [0.4, 0.5) is 5.69 Å². The topological polar surface area (TPSA) is 38.3 Å². The first-order valence-electron chi connectivity index (χ1n) is 4.91. The van der Waals surface area contributed by atoms with Gasteiger partial charge in [-0.2, -0.15) is 0 Å². The van der Waals surface area contributed by atoms with Gasteiger partial charge in [0.25, 0.3) is 0 Å². The molecule has 0 aliphatic rings. The fourth-order valence-corrected chi connectivity index (χ4v) is 1.31. The van der Waals surface area contributed by atoms with E-state index in [1.807, 2.05) is 30.3 Å². The first kappa shape index (κ1) is 10.2. The Morgan fingerprint density at radius 3 is 2.12 bits per heavy atom. The second-order valence-electron chi connectivity index (χ2n) is 3.20. The third-order valence-corrected chi connectivity index (χ3v) is 2.06. The Hall–Kier alpha value is -2.29. The highest BCUT2D eigenvalue weighted by Crippen LogP contribution is 2.22. The lowest BCUT2D eigenvalue weighted by atomic mass is 10.3. The van der Waals surface area contributed by atoms with Crippen LogP contribution in [0.5, 0.6) is 11.5 Å². The van der Waals surface area contributed by atoms with E-state index in [9.17, 15) is 4.79 Å². The van der Waals surface area contributed by atoms with Crippen LogP contribution in [-0.2, 0) is 4.79 Å². The average Bonchev–Trinajstić information content (AvgIpc) is 2.33. The summed E-state index contributed by atoms with van der Waals surface area (Å²) >= 11 is 0. The van der Waals surface area contributed by atoms with Crippen molar-refractivity contribution in [3.63, 3.8) is 0 Å². The normalized spacial score (nSPS) is 9.50. The van der Waals surface area contributed by atoms with Crippen LogP contribution in [0.2, 0.25) is 0 Å². The van der Waals surface area contributed by atoms with Gasteiger partial charge in [-0.1, -0.05) is 18.2 Å². The van der Waals surface area contributed by atoms with Crippen molar-refractivity contribution >= 4 is 12.1 Å². The molecule has 3 heteroatoms. The van der Waals surface area contributed by atoms with E-state index in [-0.39, 0.29) is 0 Å². The lowest BCUT2D eigenvalue weighted by Gasteiger charge is -2.05. The summed E-state index contributed by atoms with van der Waals surface area (Å²) in [7, 11) is 0. The van der Waals surface area contributed by atoms with Crippen molar-refractivity contribution < 1.29 is 9.53 Å². The highest BCUT2D eigenvalue weighted by molar-refractivity contribution is 5.71. The molecular weight excluding hydrogens is 202 g/mol. The van der Waals surface area contributed by atoms with E-state index in [2.05, 4.69) is 5.32 Å². The van der Waals surface area contributed by atoms with Crippen molar-refractivity contribution in [2.24, 2.45) is 0 Å². The van der Waals surface area contributed by atoms with Gasteiger partial charge in [-0.05, 0) is 36.4 Å². The van der Waals surface area contributed by atoms with Gasteiger partial charge in [0, 0.05) is 5.69 Å². The highest BCUT2D eigenvalue weighted by Gasteiger charge is 1.96. The predicted molar refractivity (Wildman–Crippen MR) is 62.6 cm³/mol. The molecule has 2 aromatic rings. The van der Waals surface area contributed by atoms with Crippen molar-refractivity contribution in [2.45, 2.75) is 0 Å². The van der Waals surface area contributed by atoms with Gasteiger partial charge < -0.3 is 10.1 Å².